The lowest BCUT2D eigenvalue weighted by molar-refractivity contribution is -0.130. The Morgan fingerprint density at radius 1 is 1.10 bits per heavy atom. The molecule has 2 aromatic carbocycles. The summed E-state index contributed by atoms with van der Waals surface area (Å²) in [5, 5.41) is 2.57. The van der Waals surface area contributed by atoms with Gasteiger partial charge in [-0.3, -0.25) is 4.79 Å². The molecule has 0 bridgehead atoms. The van der Waals surface area contributed by atoms with Crippen LogP contribution in [0.5, 0.6) is 10.9 Å². The van der Waals surface area contributed by atoms with Gasteiger partial charge >= 0.3 is 0 Å². The minimum absolute atomic E-state index is 0.0474. The molecule has 1 unspecified atom stereocenters. The van der Waals surface area contributed by atoms with E-state index in [1.807, 2.05) is 64.9 Å². The van der Waals surface area contributed by atoms with Crippen molar-refractivity contribution >= 4 is 17.2 Å². The van der Waals surface area contributed by atoms with Crippen LogP contribution in [-0.4, -0.2) is 35.0 Å². The summed E-state index contributed by atoms with van der Waals surface area (Å²) in [6, 6.07) is 18.1. The molecule has 4 rings (SSSR count). The van der Waals surface area contributed by atoms with E-state index in [4.69, 9.17) is 9.47 Å². The fourth-order valence-electron chi connectivity index (χ4n) is 3.36. The number of nitrogens with zero attached hydrogens (tertiary/aromatic N) is 2. The zero-order valence-electron chi connectivity index (χ0n) is 16.2. The summed E-state index contributed by atoms with van der Waals surface area (Å²) in [5.41, 5.74) is 2.28. The molecule has 6 heteroatoms. The Hall–Kier alpha value is -2.86. The van der Waals surface area contributed by atoms with Crippen LogP contribution >= 0.6 is 11.3 Å². The van der Waals surface area contributed by atoms with E-state index in [1.165, 1.54) is 11.3 Å². The average Bonchev–Trinajstić information content (AvgIpc) is 3.45. The minimum atomic E-state index is 0.0474. The normalized spacial score (nSPS) is 16.0. The minimum Gasteiger partial charge on any atom is -0.489 e. The van der Waals surface area contributed by atoms with Gasteiger partial charge in [0.25, 0.3) is 5.19 Å². The summed E-state index contributed by atoms with van der Waals surface area (Å²) >= 11 is 1.48. The first-order valence-corrected chi connectivity index (χ1v) is 10.7. The SMILES string of the molecule is O=C(CCc1ccc(OCc2ccccc2)cc1)N1CCC(Oc2nccs2)C1. The highest BCUT2D eigenvalue weighted by Gasteiger charge is 2.27. The van der Waals surface area contributed by atoms with Crippen molar-refractivity contribution in [1.82, 2.24) is 9.88 Å². The highest BCUT2D eigenvalue weighted by atomic mass is 32.1. The van der Waals surface area contributed by atoms with Gasteiger partial charge in [0.15, 0.2) is 0 Å². The van der Waals surface area contributed by atoms with E-state index in [1.54, 1.807) is 6.20 Å². The van der Waals surface area contributed by atoms with Gasteiger partial charge in [0, 0.05) is 31.0 Å². The highest BCUT2D eigenvalue weighted by molar-refractivity contribution is 7.11. The third kappa shape index (κ3) is 5.57. The van der Waals surface area contributed by atoms with Gasteiger partial charge in [0.05, 0.1) is 6.54 Å². The van der Waals surface area contributed by atoms with E-state index in [-0.39, 0.29) is 12.0 Å². The van der Waals surface area contributed by atoms with Crippen molar-refractivity contribution in [3.63, 3.8) is 0 Å². The largest absolute Gasteiger partial charge is 0.489 e. The zero-order valence-corrected chi connectivity index (χ0v) is 17.0. The summed E-state index contributed by atoms with van der Waals surface area (Å²) in [6.07, 6.45) is 3.88. The molecule has 1 fully saturated rings. The van der Waals surface area contributed by atoms with Crippen molar-refractivity contribution in [1.29, 1.82) is 0 Å². The maximum Gasteiger partial charge on any atom is 0.273 e. The highest BCUT2D eigenvalue weighted by Crippen LogP contribution is 2.21. The molecule has 1 atom stereocenters. The van der Waals surface area contributed by atoms with Gasteiger partial charge in [0.2, 0.25) is 5.91 Å². The Labute approximate surface area is 174 Å². The fraction of sp³-hybridized carbons (Fsp3) is 0.304. The van der Waals surface area contributed by atoms with Gasteiger partial charge in [-0.2, -0.15) is 0 Å². The number of carbonyl (C=O) groups is 1. The van der Waals surface area contributed by atoms with Crippen LogP contribution in [0.1, 0.15) is 24.0 Å². The molecule has 3 aromatic rings. The maximum absolute atomic E-state index is 12.5. The Kier molecular flexibility index (Phi) is 6.42. The van der Waals surface area contributed by atoms with Crippen molar-refractivity contribution in [3.05, 3.63) is 77.3 Å². The molecule has 0 spiro atoms. The summed E-state index contributed by atoms with van der Waals surface area (Å²) < 4.78 is 11.6. The number of rotatable bonds is 8. The molecular formula is C23H24N2O3S. The van der Waals surface area contributed by atoms with Gasteiger partial charge in [-0.15, -0.1) is 0 Å². The standard InChI is InChI=1S/C23H24N2O3S/c26-22(25-14-12-21(16-25)28-23-24-13-15-29-23)11-8-18-6-9-20(10-7-18)27-17-19-4-2-1-3-5-19/h1-7,9-10,13,15,21H,8,11-12,14,16-17H2. The van der Waals surface area contributed by atoms with Crippen LogP contribution < -0.4 is 9.47 Å². The number of amides is 1. The van der Waals surface area contributed by atoms with E-state index in [2.05, 4.69) is 4.98 Å². The van der Waals surface area contributed by atoms with E-state index >= 15 is 0 Å². The quantitative estimate of drug-likeness (QED) is 0.557. The van der Waals surface area contributed by atoms with Crippen LogP contribution in [0.25, 0.3) is 0 Å². The molecule has 29 heavy (non-hydrogen) atoms. The van der Waals surface area contributed by atoms with Gasteiger partial charge in [0.1, 0.15) is 18.5 Å². The summed E-state index contributed by atoms with van der Waals surface area (Å²) in [4.78, 5) is 18.6. The maximum atomic E-state index is 12.5. The molecular weight excluding hydrogens is 384 g/mol. The molecule has 0 radical (unpaired) electrons. The van der Waals surface area contributed by atoms with Crippen LogP contribution in [0.3, 0.4) is 0 Å². The molecule has 0 saturated carbocycles. The van der Waals surface area contributed by atoms with Crippen molar-refractivity contribution in [3.8, 4) is 10.9 Å². The van der Waals surface area contributed by atoms with Crippen LogP contribution in [-0.2, 0) is 17.8 Å². The molecule has 1 aliphatic rings. The monoisotopic (exact) mass is 408 g/mol. The van der Waals surface area contributed by atoms with E-state index in [0.717, 1.165) is 36.3 Å². The van der Waals surface area contributed by atoms with Gasteiger partial charge < -0.3 is 14.4 Å². The van der Waals surface area contributed by atoms with Gasteiger partial charge in [-0.25, -0.2) is 4.98 Å². The number of hydrogen-bond donors (Lipinski definition) is 0. The molecule has 1 aliphatic heterocycles. The Balaban J connectivity index is 1.20. The first-order valence-electron chi connectivity index (χ1n) is 9.86. The number of aryl methyl sites for hydroxylation is 1. The topological polar surface area (TPSA) is 51.7 Å². The third-order valence-electron chi connectivity index (χ3n) is 4.97. The van der Waals surface area contributed by atoms with Crippen LogP contribution in [0, 0.1) is 0 Å². The Morgan fingerprint density at radius 2 is 1.93 bits per heavy atom. The van der Waals surface area contributed by atoms with Crippen LogP contribution in [0.15, 0.2) is 66.2 Å². The van der Waals surface area contributed by atoms with Crippen molar-refractivity contribution in [2.45, 2.75) is 32.0 Å². The van der Waals surface area contributed by atoms with E-state index in [9.17, 15) is 4.79 Å². The molecule has 150 valence electrons. The molecule has 0 N–H and O–H groups in total. The number of benzene rings is 2. The van der Waals surface area contributed by atoms with E-state index < -0.39 is 0 Å². The number of thiazole rings is 1. The van der Waals surface area contributed by atoms with E-state index in [0.29, 0.717) is 24.8 Å². The Bertz CT molecular complexity index is 898. The van der Waals surface area contributed by atoms with Crippen LogP contribution in [0.4, 0.5) is 0 Å². The van der Waals surface area contributed by atoms with Gasteiger partial charge in [-0.05, 0) is 29.7 Å². The first kappa shape index (κ1) is 19.5. The van der Waals surface area contributed by atoms with Crippen molar-refractivity contribution in [2.75, 3.05) is 13.1 Å². The second kappa shape index (κ2) is 9.56. The molecule has 1 amide bonds. The summed E-state index contributed by atoms with van der Waals surface area (Å²) in [5.74, 6) is 1.02. The second-order valence-corrected chi connectivity index (χ2v) is 7.94. The van der Waals surface area contributed by atoms with Gasteiger partial charge in [-0.1, -0.05) is 53.8 Å². The molecule has 1 aromatic heterocycles. The number of aromatic nitrogens is 1. The third-order valence-corrected chi connectivity index (χ3v) is 5.64. The lowest BCUT2D eigenvalue weighted by Gasteiger charge is -2.16. The van der Waals surface area contributed by atoms with Crippen molar-refractivity contribution in [2.24, 2.45) is 0 Å². The molecule has 1 saturated heterocycles. The molecule has 2 heterocycles. The zero-order chi connectivity index (χ0) is 19.9. The lowest BCUT2D eigenvalue weighted by Crippen LogP contribution is -2.31. The molecule has 5 nitrogen and oxygen atoms in total. The predicted molar refractivity (Wildman–Crippen MR) is 113 cm³/mol. The summed E-state index contributed by atoms with van der Waals surface area (Å²) in [7, 11) is 0. The van der Waals surface area contributed by atoms with Crippen LogP contribution in [0.2, 0.25) is 0 Å². The molecule has 0 aliphatic carbocycles. The smallest absolute Gasteiger partial charge is 0.273 e. The Morgan fingerprint density at radius 3 is 2.69 bits per heavy atom. The fourth-order valence-corrected chi connectivity index (χ4v) is 3.92. The van der Waals surface area contributed by atoms with Crippen molar-refractivity contribution < 1.29 is 14.3 Å². The number of hydrogen-bond acceptors (Lipinski definition) is 5. The number of likely N-dealkylation sites (tertiary alicyclic amines) is 1. The predicted octanol–water partition coefficient (Wildman–Crippen LogP) is 4.33. The second-order valence-electron chi connectivity index (χ2n) is 7.08. The lowest BCUT2D eigenvalue weighted by atomic mass is 10.1. The first-order chi connectivity index (χ1) is 14.3. The number of carbonyl (C=O) groups excluding carboxylic acids is 1. The average molecular weight is 409 g/mol. The number of ether oxygens (including phenoxy) is 2. The summed E-state index contributed by atoms with van der Waals surface area (Å²) in [6.45, 7) is 1.95.